The molecule has 1 fully saturated rings. The summed E-state index contributed by atoms with van der Waals surface area (Å²) in [6.07, 6.45) is 8.20. The van der Waals surface area contributed by atoms with Gasteiger partial charge < -0.3 is 14.8 Å². The van der Waals surface area contributed by atoms with Crippen LogP contribution in [0.1, 0.15) is 59.3 Å². The van der Waals surface area contributed by atoms with Crippen molar-refractivity contribution >= 4 is 0 Å². The summed E-state index contributed by atoms with van der Waals surface area (Å²) in [7, 11) is 0. The standard InChI is InChI=1S/C16H33NO2/c1-4-7-8-14(5-2)12-18-13-16-10-9-15(19-16)11-17-6-3/h14-17H,4-13H2,1-3H3. The zero-order valence-corrected chi connectivity index (χ0v) is 13.1. The second-order valence-corrected chi connectivity index (χ2v) is 5.72. The largest absolute Gasteiger partial charge is 0.378 e. The van der Waals surface area contributed by atoms with Gasteiger partial charge in [0.05, 0.1) is 18.8 Å². The third kappa shape index (κ3) is 7.28. The van der Waals surface area contributed by atoms with Gasteiger partial charge >= 0.3 is 0 Å². The number of nitrogens with one attached hydrogen (secondary N) is 1. The lowest BCUT2D eigenvalue weighted by Crippen LogP contribution is -2.28. The van der Waals surface area contributed by atoms with Crippen molar-refractivity contribution < 1.29 is 9.47 Å². The van der Waals surface area contributed by atoms with Crippen LogP contribution in [0, 0.1) is 5.92 Å². The number of hydrogen-bond acceptors (Lipinski definition) is 3. The van der Waals surface area contributed by atoms with Crippen LogP contribution in [0.25, 0.3) is 0 Å². The van der Waals surface area contributed by atoms with Crippen molar-refractivity contribution in [1.82, 2.24) is 5.32 Å². The van der Waals surface area contributed by atoms with Crippen LogP contribution in [-0.2, 0) is 9.47 Å². The number of hydrogen-bond donors (Lipinski definition) is 1. The summed E-state index contributed by atoms with van der Waals surface area (Å²) in [5.41, 5.74) is 0. The number of unbranched alkanes of at least 4 members (excludes halogenated alkanes) is 1. The number of likely N-dealkylation sites (N-methyl/N-ethyl adjacent to an activating group) is 1. The van der Waals surface area contributed by atoms with E-state index < -0.39 is 0 Å². The van der Waals surface area contributed by atoms with E-state index in [0.717, 1.165) is 38.6 Å². The lowest BCUT2D eigenvalue weighted by atomic mass is 10.0. The first-order valence-corrected chi connectivity index (χ1v) is 8.23. The van der Waals surface area contributed by atoms with Crippen molar-refractivity contribution in [3.8, 4) is 0 Å². The Labute approximate surface area is 119 Å². The molecule has 0 radical (unpaired) electrons. The molecule has 0 aliphatic carbocycles. The van der Waals surface area contributed by atoms with Gasteiger partial charge in [0, 0.05) is 13.2 Å². The zero-order chi connectivity index (χ0) is 13.9. The molecule has 1 N–H and O–H groups in total. The van der Waals surface area contributed by atoms with Gasteiger partial charge in [0.25, 0.3) is 0 Å². The van der Waals surface area contributed by atoms with Crippen LogP contribution in [0.15, 0.2) is 0 Å². The topological polar surface area (TPSA) is 30.5 Å². The third-order valence-electron chi connectivity index (χ3n) is 4.02. The molecule has 0 spiro atoms. The van der Waals surface area contributed by atoms with Gasteiger partial charge in [0.2, 0.25) is 0 Å². The lowest BCUT2D eigenvalue weighted by Gasteiger charge is -2.17. The maximum Gasteiger partial charge on any atom is 0.0813 e. The first-order valence-electron chi connectivity index (χ1n) is 8.23. The van der Waals surface area contributed by atoms with Crippen molar-refractivity contribution in [1.29, 1.82) is 0 Å². The zero-order valence-electron chi connectivity index (χ0n) is 13.1. The summed E-state index contributed by atoms with van der Waals surface area (Å²) in [6.45, 7) is 10.4. The fourth-order valence-corrected chi connectivity index (χ4v) is 2.62. The highest BCUT2D eigenvalue weighted by atomic mass is 16.5. The summed E-state index contributed by atoms with van der Waals surface area (Å²) in [5.74, 6) is 0.735. The molecule has 19 heavy (non-hydrogen) atoms. The van der Waals surface area contributed by atoms with E-state index in [0.29, 0.717) is 12.2 Å². The van der Waals surface area contributed by atoms with Gasteiger partial charge in [-0.05, 0) is 31.7 Å². The van der Waals surface area contributed by atoms with Gasteiger partial charge in [0.1, 0.15) is 0 Å². The summed E-state index contributed by atoms with van der Waals surface area (Å²) in [4.78, 5) is 0. The average Bonchev–Trinajstić information content (AvgIpc) is 2.88. The van der Waals surface area contributed by atoms with E-state index in [9.17, 15) is 0 Å². The molecule has 3 heteroatoms. The van der Waals surface area contributed by atoms with E-state index in [1.807, 2.05) is 0 Å². The molecular formula is C16H33NO2. The van der Waals surface area contributed by atoms with E-state index in [-0.39, 0.29) is 0 Å². The Morgan fingerprint density at radius 1 is 1.21 bits per heavy atom. The van der Waals surface area contributed by atoms with E-state index >= 15 is 0 Å². The van der Waals surface area contributed by atoms with E-state index in [1.54, 1.807) is 0 Å². The van der Waals surface area contributed by atoms with Crippen LogP contribution in [0.4, 0.5) is 0 Å². The number of rotatable bonds is 11. The first kappa shape index (κ1) is 16.9. The molecule has 0 aromatic heterocycles. The van der Waals surface area contributed by atoms with Crippen molar-refractivity contribution in [2.24, 2.45) is 5.92 Å². The Morgan fingerprint density at radius 3 is 2.68 bits per heavy atom. The van der Waals surface area contributed by atoms with Crippen LogP contribution in [0.5, 0.6) is 0 Å². The molecule has 3 atom stereocenters. The minimum Gasteiger partial charge on any atom is -0.378 e. The minimum absolute atomic E-state index is 0.326. The minimum atomic E-state index is 0.326. The molecule has 0 aromatic carbocycles. The Hall–Kier alpha value is -0.120. The second-order valence-electron chi connectivity index (χ2n) is 5.72. The van der Waals surface area contributed by atoms with Gasteiger partial charge in [-0.1, -0.05) is 40.0 Å². The summed E-state index contributed by atoms with van der Waals surface area (Å²) in [6, 6.07) is 0. The van der Waals surface area contributed by atoms with Crippen molar-refractivity contribution in [2.75, 3.05) is 26.3 Å². The highest BCUT2D eigenvalue weighted by Gasteiger charge is 2.24. The van der Waals surface area contributed by atoms with Crippen LogP contribution in [0.3, 0.4) is 0 Å². The molecule has 1 aliphatic heterocycles. The van der Waals surface area contributed by atoms with Gasteiger partial charge in [-0.25, -0.2) is 0 Å². The van der Waals surface area contributed by atoms with Gasteiger partial charge in [0.15, 0.2) is 0 Å². The van der Waals surface area contributed by atoms with Crippen LogP contribution >= 0.6 is 0 Å². The fourth-order valence-electron chi connectivity index (χ4n) is 2.62. The lowest BCUT2D eigenvalue weighted by molar-refractivity contribution is -0.0229. The smallest absolute Gasteiger partial charge is 0.0813 e. The van der Waals surface area contributed by atoms with Crippen molar-refractivity contribution in [2.45, 2.75) is 71.5 Å². The summed E-state index contributed by atoms with van der Waals surface area (Å²) >= 11 is 0. The number of ether oxygens (including phenoxy) is 2. The Morgan fingerprint density at radius 2 is 2.00 bits per heavy atom. The summed E-state index contributed by atoms with van der Waals surface area (Å²) < 4.78 is 11.8. The fraction of sp³-hybridized carbons (Fsp3) is 1.00. The summed E-state index contributed by atoms with van der Waals surface area (Å²) in [5, 5.41) is 3.35. The second kappa shape index (κ2) is 10.6. The molecule has 0 saturated carbocycles. The van der Waals surface area contributed by atoms with Crippen LogP contribution in [-0.4, -0.2) is 38.5 Å². The van der Waals surface area contributed by atoms with Gasteiger partial charge in [-0.15, -0.1) is 0 Å². The predicted octanol–water partition coefficient (Wildman–Crippen LogP) is 3.38. The highest BCUT2D eigenvalue weighted by molar-refractivity contribution is 4.75. The molecule has 0 amide bonds. The van der Waals surface area contributed by atoms with E-state index in [4.69, 9.17) is 9.47 Å². The maximum absolute atomic E-state index is 5.97. The Balaban J connectivity index is 2.06. The normalized spacial score (nSPS) is 24.8. The van der Waals surface area contributed by atoms with E-state index in [1.165, 1.54) is 32.1 Å². The Bertz CT molecular complexity index is 211. The van der Waals surface area contributed by atoms with Crippen molar-refractivity contribution in [3.05, 3.63) is 0 Å². The quantitative estimate of drug-likeness (QED) is 0.625. The molecule has 114 valence electrons. The van der Waals surface area contributed by atoms with Crippen molar-refractivity contribution in [3.63, 3.8) is 0 Å². The molecule has 1 saturated heterocycles. The maximum atomic E-state index is 5.97. The molecular weight excluding hydrogens is 238 g/mol. The SMILES string of the molecule is CCCCC(CC)COCC1CCC(CNCC)O1. The van der Waals surface area contributed by atoms with Crippen LogP contribution < -0.4 is 5.32 Å². The molecule has 0 bridgehead atoms. The molecule has 0 aromatic rings. The van der Waals surface area contributed by atoms with E-state index in [2.05, 4.69) is 26.1 Å². The Kier molecular flexibility index (Phi) is 9.48. The van der Waals surface area contributed by atoms with Gasteiger partial charge in [-0.2, -0.15) is 0 Å². The first-order chi connectivity index (χ1) is 9.30. The molecule has 3 nitrogen and oxygen atoms in total. The monoisotopic (exact) mass is 271 g/mol. The predicted molar refractivity (Wildman–Crippen MR) is 80.6 cm³/mol. The van der Waals surface area contributed by atoms with Crippen LogP contribution in [0.2, 0.25) is 0 Å². The highest BCUT2D eigenvalue weighted by Crippen LogP contribution is 2.20. The molecule has 1 heterocycles. The molecule has 1 rings (SSSR count). The molecule has 1 aliphatic rings. The average molecular weight is 271 g/mol. The van der Waals surface area contributed by atoms with Gasteiger partial charge in [-0.3, -0.25) is 0 Å². The third-order valence-corrected chi connectivity index (χ3v) is 4.02. The molecule has 3 unspecified atom stereocenters.